The van der Waals surface area contributed by atoms with Crippen LogP contribution in [0.1, 0.15) is 18.4 Å². The number of halogens is 2. The van der Waals surface area contributed by atoms with Gasteiger partial charge in [-0.2, -0.15) is 8.78 Å². The normalized spacial score (nSPS) is 17.0. The molecular weight excluding hydrogens is 370 g/mol. The van der Waals surface area contributed by atoms with E-state index < -0.39 is 27.1 Å². The number of amides is 1. The van der Waals surface area contributed by atoms with E-state index in [1.165, 1.54) is 25.3 Å². The largest absolute Gasteiger partial charge is 0.497 e. The van der Waals surface area contributed by atoms with E-state index in [0.717, 1.165) is 6.26 Å². The van der Waals surface area contributed by atoms with E-state index in [9.17, 15) is 22.0 Å². The molecule has 1 aliphatic heterocycles. The molecule has 1 aromatic carbocycles. The fourth-order valence-electron chi connectivity index (χ4n) is 2.97. The van der Waals surface area contributed by atoms with Crippen molar-refractivity contribution in [3.8, 4) is 11.5 Å². The standard InChI is InChI=1S/C16H22F2N2O5S/c1-24-12-3-4-13(25-15(17)18)11(9-12)10-20-14(21)16(26(2,22)23)5-7-19-8-6-16/h3-4,9,15,19H,5-8,10H2,1-2H3,(H,20,21). The van der Waals surface area contributed by atoms with Gasteiger partial charge in [0.05, 0.1) is 7.11 Å². The fourth-order valence-corrected chi connectivity index (χ4v) is 4.32. The first-order valence-corrected chi connectivity index (χ1v) is 9.89. The average Bonchev–Trinajstić information content (AvgIpc) is 2.59. The lowest BCUT2D eigenvalue weighted by molar-refractivity contribution is -0.124. The predicted octanol–water partition coefficient (Wildman–Crippen LogP) is 1.08. The topological polar surface area (TPSA) is 93.7 Å². The molecule has 1 fully saturated rings. The predicted molar refractivity (Wildman–Crippen MR) is 91.2 cm³/mol. The Morgan fingerprint density at radius 1 is 1.35 bits per heavy atom. The molecule has 1 aliphatic rings. The van der Waals surface area contributed by atoms with E-state index in [2.05, 4.69) is 15.4 Å². The lowest BCUT2D eigenvalue weighted by Crippen LogP contribution is -2.57. The Bertz CT molecular complexity index is 749. The van der Waals surface area contributed by atoms with Crippen molar-refractivity contribution in [2.45, 2.75) is 30.7 Å². The molecule has 10 heteroatoms. The van der Waals surface area contributed by atoms with Gasteiger partial charge in [0.25, 0.3) is 0 Å². The molecule has 0 saturated carbocycles. The Morgan fingerprint density at radius 3 is 2.54 bits per heavy atom. The van der Waals surface area contributed by atoms with Crippen LogP contribution in [-0.4, -0.2) is 52.1 Å². The van der Waals surface area contributed by atoms with Crippen LogP contribution in [0.3, 0.4) is 0 Å². The van der Waals surface area contributed by atoms with Gasteiger partial charge in [0.15, 0.2) is 14.6 Å². The van der Waals surface area contributed by atoms with Crippen molar-refractivity contribution in [2.75, 3.05) is 26.5 Å². The first kappa shape index (κ1) is 20.4. The van der Waals surface area contributed by atoms with Crippen LogP contribution in [0, 0.1) is 0 Å². The summed E-state index contributed by atoms with van der Waals surface area (Å²) in [6.07, 6.45) is 1.33. The van der Waals surface area contributed by atoms with Crippen LogP contribution in [-0.2, 0) is 21.2 Å². The van der Waals surface area contributed by atoms with Crippen LogP contribution < -0.4 is 20.1 Å². The maximum absolute atomic E-state index is 12.7. The first-order valence-electron chi connectivity index (χ1n) is 8.00. The number of methoxy groups -OCH3 is 1. The third kappa shape index (κ3) is 4.42. The number of hydrogen-bond donors (Lipinski definition) is 2. The summed E-state index contributed by atoms with van der Waals surface area (Å²) in [4.78, 5) is 12.7. The quantitative estimate of drug-likeness (QED) is 0.721. The SMILES string of the molecule is COc1ccc(OC(F)F)c(CNC(=O)C2(S(C)(=O)=O)CCNCC2)c1. The Labute approximate surface area is 151 Å². The van der Waals surface area contributed by atoms with E-state index in [0.29, 0.717) is 18.8 Å². The molecule has 26 heavy (non-hydrogen) atoms. The van der Waals surface area contributed by atoms with Crippen molar-refractivity contribution in [1.29, 1.82) is 0 Å². The van der Waals surface area contributed by atoms with Gasteiger partial charge in [0.2, 0.25) is 5.91 Å². The highest BCUT2D eigenvalue weighted by Gasteiger charge is 2.48. The Kier molecular flexibility index (Phi) is 6.40. The summed E-state index contributed by atoms with van der Waals surface area (Å²) >= 11 is 0. The average molecular weight is 392 g/mol. The molecule has 0 aliphatic carbocycles. The second-order valence-electron chi connectivity index (χ2n) is 6.05. The number of alkyl halides is 2. The summed E-state index contributed by atoms with van der Waals surface area (Å²) < 4.78 is 57.6. The second-order valence-corrected chi connectivity index (χ2v) is 8.38. The van der Waals surface area contributed by atoms with Gasteiger partial charge < -0.3 is 20.1 Å². The molecule has 1 amide bonds. The molecule has 0 bridgehead atoms. The number of nitrogens with one attached hydrogen (secondary N) is 2. The van der Waals surface area contributed by atoms with Gasteiger partial charge in [-0.15, -0.1) is 0 Å². The minimum absolute atomic E-state index is 0.111. The van der Waals surface area contributed by atoms with Crippen LogP contribution in [0.4, 0.5) is 8.78 Å². The number of rotatable bonds is 7. The monoisotopic (exact) mass is 392 g/mol. The fraction of sp³-hybridized carbons (Fsp3) is 0.562. The van der Waals surface area contributed by atoms with Gasteiger partial charge in [-0.3, -0.25) is 4.79 Å². The number of benzene rings is 1. The van der Waals surface area contributed by atoms with Gasteiger partial charge >= 0.3 is 6.61 Å². The molecule has 1 heterocycles. The highest BCUT2D eigenvalue weighted by molar-refractivity contribution is 7.92. The molecule has 1 saturated heterocycles. The van der Waals surface area contributed by atoms with Crippen molar-refractivity contribution < 1.29 is 31.5 Å². The van der Waals surface area contributed by atoms with Crippen LogP contribution in [0.5, 0.6) is 11.5 Å². The number of hydrogen-bond acceptors (Lipinski definition) is 6. The number of sulfone groups is 1. The van der Waals surface area contributed by atoms with Gasteiger partial charge in [-0.25, -0.2) is 8.42 Å². The minimum Gasteiger partial charge on any atom is -0.497 e. The minimum atomic E-state index is -3.66. The zero-order valence-electron chi connectivity index (χ0n) is 14.6. The number of piperidine rings is 1. The van der Waals surface area contributed by atoms with E-state index in [4.69, 9.17) is 4.74 Å². The van der Waals surface area contributed by atoms with Gasteiger partial charge in [0.1, 0.15) is 11.5 Å². The molecule has 0 aromatic heterocycles. The Morgan fingerprint density at radius 2 is 2.00 bits per heavy atom. The molecular formula is C16H22F2N2O5S. The summed E-state index contributed by atoms with van der Waals surface area (Å²) in [5.41, 5.74) is 0.260. The smallest absolute Gasteiger partial charge is 0.387 e. The molecule has 0 spiro atoms. The summed E-state index contributed by atoms with van der Waals surface area (Å²) in [5.74, 6) is -0.359. The highest BCUT2D eigenvalue weighted by Crippen LogP contribution is 2.29. The van der Waals surface area contributed by atoms with Crippen LogP contribution in [0.25, 0.3) is 0 Å². The van der Waals surface area contributed by atoms with E-state index in [1.54, 1.807) is 0 Å². The third-order valence-corrected chi connectivity index (χ3v) is 6.47. The first-order chi connectivity index (χ1) is 12.2. The lowest BCUT2D eigenvalue weighted by Gasteiger charge is -2.34. The van der Waals surface area contributed by atoms with Crippen molar-refractivity contribution >= 4 is 15.7 Å². The maximum atomic E-state index is 12.7. The van der Waals surface area contributed by atoms with Crippen molar-refractivity contribution in [3.05, 3.63) is 23.8 Å². The van der Waals surface area contributed by atoms with Crippen molar-refractivity contribution in [1.82, 2.24) is 10.6 Å². The van der Waals surface area contributed by atoms with Crippen LogP contribution in [0.15, 0.2) is 18.2 Å². The van der Waals surface area contributed by atoms with Gasteiger partial charge in [0, 0.05) is 18.4 Å². The zero-order chi connectivity index (χ0) is 19.4. The summed E-state index contributed by atoms with van der Waals surface area (Å²) in [5, 5.41) is 5.58. The summed E-state index contributed by atoms with van der Waals surface area (Å²) in [7, 11) is -2.25. The molecule has 0 unspecified atom stereocenters. The highest BCUT2D eigenvalue weighted by atomic mass is 32.2. The lowest BCUT2D eigenvalue weighted by atomic mass is 9.95. The third-order valence-electron chi connectivity index (χ3n) is 4.46. The van der Waals surface area contributed by atoms with E-state index in [1.807, 2.05) is 0 Å². The van der Waals surface area contributed by atoms with E-state index in [-0.39, 0.29) is 30.7 Å². The molecule has 146 valence electrons. The molecule has 7 nitrogen and oxygen atoms in total. The molecule has 1 aromatic rings. The van der Waals surface area contributed by atoms with Crippen molar-refractivity contribution in [3.63, 3.8) is 0 Å². The van der Waals surface area contributed by atoms with Crippen molar-refractivity contribution in [2.24, 2.45) is 0 Å². The number of carbonyl (C=O) groups excluding carboxylic acids is 1. The Balaban J connectivity index is 2.22. The summed E-state index contributed by atoms with van der Waals surface area (Å²) in [6, 6.07) is 4.21. The van der Waals surface area contributed by atoms with E-state index >= 15 is 0 Å². The molecule has 2 rings (SSSR count). The van der Waals surface area contributed by atoms with Crippen LogP contribution >= 0.6 is 0 Å². The van der Waals surface area contributed by atoms with Gasteiger partial charge in [-0.05, 0) is 44.1 Å². The van der Waals surface area contributed by atoms with Gasteiger partial charge in [-0.1, -0.05) is 0 Å². The molecule has 0 radical (unpaired) electrons. The Hall–Kier alpha value is -1.94. The zero-order valence-corrected chi connectivity index (χ0v) is 15.4. The maximum Gasteiger partial charge on any atom is 0.387 e. The number of carbonyl (C=O) groups is 1. The van der Waals surface area contributed by atoms with Crippen LogP contribution in [0.2, 0.25) is 0 Å². The molecule has 2 N–H and O–H groups in total. The number of ether oxygens (including phenoxy) is 2. The second kappa shape index (κ2) is 8.17. The molecule has 0 atom stereocenters. The summed E-state index contributed by atoms with van der Waals surface area (Å²) in [6.45, 7) is -2.38.